The number of aliphatic hydroxyl groups is 1. The number of hydrogen-bond acceptors (Lipinski definition) is 4. The number of aliphatic hydroxyl groups excluding tert-OH is 1. The van der Waals surface area contributed by atoms with E-state index >= 15 is 0 Å². The van der Waals surface area contributed by atoms with Crippen molar-refractivity contribution in [3.8, 4) is 11.5 Å². The van der Waals surface area contributed by atoms with Crippen LogP contribution in [0.2, 0.25) is 0 Å². The molecule has 0 heterocycles. The molecule has 1 aromatic carbocycles. The van der Waals surface area contributed by atoms with Crippen LogP contribution in [0.4, 0.5) is 0 Å². The van der Waals surface area contributed by atoms with Crippen molar-refractivity contribution in [3.63, 3.8) is 0 Å². The quantitative estimate of drug-likeness (QED) is 0.856. The second kappa shape index (κ2) is 5.39. The van der Waals surface area contributed by atoms with Crippen molar-refractivity contribution in [1.29, 1.82) is 0 Å². The molecule has 0 spiro atoms. The van der Waals surface area contributed by atoms with E-state index in [0.29, 0.717) is 0 Å². The summed E-state index contributed by atoms with van der Waals surface area (Å²) in [7, 11) is 3.27. The van der Waals surface area contributed by atoms with Crippen LogP contribution < -0.4 is 15.2 Å². The molecule has 1 unspecified atom stereocenters. The van der Waals surface area contributed by atoms with Gasteiger partial charge in [0.1, 0.15) is 11.5 Å². The molecule has 0 bridgehead atoms. The SMILES string of the molecule is COc1cc(C)c(C(N)C2(CO)CCC2)c(OC)c1. The Morgan fingerprint density at radius 1 is 1.32 bits per heavy atom. The van der Waals surface area contributed by atoms with Crippen LogP contribution in [0.1, 0.15) is 36.4 Å². The molecule has 3 N–H and O–H groups in total. The highest BCUT2D eigenvalue weighted by molar-refractivity contribution is 5.48. The number of methoxy groups -OCH3 is 2. The van der Waals surface area contributed by atoms with E-state index in [1.165, 1.54) is 0 Å². The number of rotatable bonds is 5. The second-order valence-corrected chi connectivity index (χ2v) is 5.41. The summed E-state index contributed by atoms with van der Waals surface area (Å²) in [5.41, 5.74) is 8.27. The Morgan fingerprint density at radius 2 is 2.00 bits per heavy atom. The molecule has 1 saturated carbocycles. The maximum atomic E-state index is 9.68. The largest absolute Gasteiger partial charge is 0.497 e. The van der Waals surface area contributed by atoms with E-state index in [1.807, 2.05) is 19.1 Å². The van der Waals surface area contributed by atoms with Gasteiger partial charge in [0.25, 0.3) is 0 Å². The van der Waals surface area contributed by atoms with Crippen molar-refractivity contribution in [3.05, 3.63) is 23.3 Å². The minimum absolute atomic E-state index is 0.128. The molecular weight excluding hydrogens is 242 g/mol. The van der Waals surface area contributed by atoms with Gasteiger partial charge in [0.2, 0.25) is 0 Å². The summed E-state index contributed by atoms with van der Waals surface area (Å²) in [6.45, 7) is 2.13. The number of ether oxygens (including phenoxy) is 2. The standard InChI is InChI=1S/C15H23NO3/c1-10-7-11(18-2)8-12(19-3)13(10)14(16)15(9-17)5-4-6-15/h7-8,14,17H,4-6,9,16H2,1-3H3. The van der Waals surface area contributed by atoms with E-state index in [4.69, 9.17) is 15.2 Å². The molecule has 106 valence electrons. The van der Waals surface area contributed by atoms with Crippen molar-refractivity contribution >= 4 is 0 Å². The van der Waals surface area contributed by atoms with Crippen LogP contribution in [0.25, 0.3) is 0 Å². The molecule has 1 aliphatic carbocycles. The summed E-state index contributed by atoms with van der Waals surface area (Å²) in [5, 5.41) is 9.68. The highest BCUT2D eigenvalue weighted by atomic mass is 16.5. The molecule has 0 aliphatic heterocycles. The third-order valence-electron chi connectivity index (χ3n) is 4.41. The van der Waals surface area contributed by atoms with Crippen molar-refractivity contribution in [1.82, 2.24) is 0 Å². The smallest absolute Gasteiger partial charge is 0.127 e. The first-order chi connectivity index (χ1) is 9.07. The summed E-state index contributed by atoms with van der Waals surface area (Å²) < 4.78 is 10.7. The van der Waals surface area contributed by atoms with Gasteiger partial charge in [-0.2, -0.15) is 0 Å². The zero-order chi connectivity index (χ0) is 14.0. The lowest BCUT2D eigenvalue weighted by Gasteiger charge is -2.45. The average molecular weight is 265 g/mol. The van der Waals surface area contributed by atoms with E-state index in [0.717, 1.165) is 41.9 Å². The van der Waals surface area contributed by atoms with Crippen molar-refractivity contribution in [2.45, 2.75) is 32.2 Å². The van der Waals surface area contributed by atoms with Gasteiger partial charge in [-0.25, -0.2) is 0 Å². The Morgan fingerprint density at radius 3 is 2.42 bits per heavy atom. The zero-order valence-corrected chi connectivity index (χ0v) is 11.9. The Labute approximate surface area is 114 Å². The van der Waals surface area contributed by atoms with Gasteiger partial charge in [0, 0.05) is 23.1 Å². The fourth-order valence-corrected chi connectivity index (χ4v) is 2.92. The fourth-order valence-electron chi connectivity index (χ4n) is 2.92. The Balaban J connectivity index is 2.43. The van der Waals surface area contributed by atoms with Crippen LogP contribution in [0, 0.1) is 12.3 Å². The Bertz CT molecular complexity index is 449. The fraction of sp³-hybridized carbons (Fsp3) is 0.600. The molecule has 19 heavy (non-hydrogen) atoms. The van der Waals surface area contributed by atoms with Gasteiger partial charge >= 0.3 is 0 Å². The van der Waals surface area contributed by atoms with Gasteiger partial charge in [-0.05, 0) is 31.4 Å². The molecule has 0 amide bonds. The Hall–Kier alpha value is -1.26. The van der Waals surface area contributed by atoms with Crippen LogP contribution >= 0.6 is 0 Å². The number of aryl methyl sites for hydroxylation is 1. The zero-order valence-electron chi connectivity index (χ0n) is 11.9. The van der Waals surface area contributed by atoms with Gasteiger partial charge in [-0.3, -0.25) is 0 Å². The minimum Gasteiger partial charge on any atom is -0.497 e. The molecular formula is C15H23NO3. The number of benzene rings is 1. The first-order valence-corrected chi connectivity index (χ1v) is 6.67. The van der Waals surface area contributed by atoms with Gasteiger partial charge in [0.05, 0.1) is 20.8 Å². The van der Waals surface area contributed by atoms with Gasteiger partial charge in [0.15, 0.2) is 0 Å². The molecule has 0 aromatic heterocycles. The third-order valence-corrected chi connectivity index (χ3v) is 4.41. The van der Waals surface area contributed by atoms with E-state index in [9.17, 15) is 5.11 Å². The summed E-state index contributed by atoms with van der Waals surface area (Å²) in [4.78, 5) is 0. The van der Waals surface area contributed by atoms with Gasteiger partial charge in [-0.1, -0.05) is 6.42 Å². The first kappa shape index (κ1) is 14.2. The molecule has 0 saturated heterocycles. The summed E-state index contributed by atoms with van der Waals surface area (Å²) in [6.07, 6.45) is 3.07. The van der Waals surface area contributed by atoms with Gasteiger partial charge in [-0.15, -0.1) is 0 Å². The molecule has 1 fully saturated rings. The maximum absolute atomic E-state index is 9.68. The van der Waals surface area contributed by atoms with E-state index in [1.54, 1.807) is 14.2 Å². The molecule has 1 aromatic rings. The second-order valence-electron chi connectivity index (χ2n) is 5.41. The topological polar surface area (TPSA) is 64.7 Å². The van der Waals surface area contributed by atoms with E-state index < -0.39 is 0 Å². The van der Waals surface area contributed by atoms with Crippen LogP contribution in [0.5, 0.6) is 11.5 Å². The normalized spacial score (nSPS) is 18.6. The van der Waals surface area contributed by atoms with Crippen LogP contribution in [0.3, 0.4) is 0 Å². The van der Waals surface area contributed by atoms with Crippen LogP contribution in [0.15, 0.2) is 12.1 Å². The summed E-state index contributed by atoms with van der Waals surface area (Å²) in [5.74, 6) is 1.50. The lowest BCUT2D eigenvalue weighted by molar-refractivity contribution is 0.0175. The third kappa shape index (κ3) is 2.30. The summed E-state index contributed by atoms with van der Waals surface area (Å²) in [6, 6.07) is 3.61. The maximum Gasteiger partial charge on any atom is 0.127 e. The van der Waals surface area contributed by atoms with Crippen molar-refractivity contribution in [2.24, 2.45) is 11.1 Å². The molecule has 4 nitrogen and oxygen atoms in total. The summed E-state index contributed by atoms with van der Waals surface area (Å²) >= 11 is 0. The highest BCUT2D eigenvalue weighted by Gasteiger charge is 2.44. The number of nitrogens with two attached hydrogens (primary N) is 1. The average Bonchev–Trinajstić information content (AvgIpc) is 2.36. The number of hydrogen-bond donors (Lipinski definition) is 2. The first-order valence-electron chi connectivity index (χ1n) is 6.67. The van der Waals surface area contributed by atoms with E-state index in [2.05, 4.69) is 0 Å². The lowest BCUT2D eigenvalue weighted by atomic mass is 9.62. The van der Waals surface area contributed by atoms with Crippen LogP contribution in [-0.2, 0) is 0 Å². The molecule has 2 rings (SSSR count). The van der Waals surface area contributed by atoms with Crippen molar-refractivity contribution in [2.75, 3.05) is 20.8 Å². The Kier molecular flexibility index (Phi) is 4.02. The molecule has 0 radical (unpaired) electrons. The van der Waals surface area contributed by atoms with Gasteiger partial charge < -0.3 is 20.3 Å². The minimum atomic E-state index is -0.202. The predicted molar refractivity (Wildman–Crippen MR) is 74.6 cm³/mol. The molecule has 1 aliphatic rings. The molecule has 4 heteroatoms. The highest BCUT2D eigenvalue weighted by Crippen LogP contribution is 2.51. The molecule has 1 atom stereocenters. The van der Waals surface area contributed by atoms with Crippen molar-refractivity contribution < 1.29 is 14.6 Å². The van der Waals surface area contributed by atoms with E-state index in [-0.39, 0.29) is 18.1 Å². The lowest BCUT2D eigenvalue weighted by Crippen LogP contribution is -2.43. The monoisotopic (exact) mass is 265 g/mol. The van der Waals surface area contributed by atoms with Crippen LogP contribution in [-0.4, -0.2) is 25.9 Å². The predicted octanol–water partition coefficient (Wildman–Crippen LogP) is 2.17.